The summed E-state index contributed by atoms with van der Waals surface area (Å²) in [5.41, 5.74) is -3.05. The summed E-state index contributed by atoms with van der Waals surface area (Å²) >= 11 is 0. The molecule has 0 unspecified atom stereocenters. The van der Waals surface area contributed by atoms with Crippen molar-refractivity contribution in [3.63, 3.8) is 0 Å². The average Bonchev–Trinajstić information content (AvgIpc) is 3.33. The zero-order chi connectivity index (χ0) is 34.0. The smallest absolute Gasteiger partial charge is 0.330 e. The van der Waals surface area contributed by atoms with E-state index in [1.807, 2.05) is 107 Å². The lowest BCUT2D eigenvalue weighted by molar-refractivity contribution is -0.170. The summed E-state index contributed by atoms with van der Waals surface area (Å²) in [4.78, 5) is 27.0. The number of H-pyrrole nitrogens is 1. The molecule has 1 N–H and O–H groups in total. The number of hydrogen-bond donors (Lipinski definition) is 1. The predicted molar refractivity (Wildman–Crippen MR) is 179 cm³/mol. The van der Waals surface area contributed by atoms with Gasteiger partial charge in [-0.25, -0.2) is 13.6 Å². The molecule has 0 spiro atoms. The van der Waals surface area contributed by atoms with Gasteiger partial charge in [0.15, 0.2) is 26.3 Å². The molecule has 1 aliphatic rings. The quantitative estimate of drug-likeness (QED) is 0.145. The van der Waals surface area contributed by atoms with E-state index in [9.17, 15) is 9.59 Å². The Hall–Kier alpha value is -3.90. The Morgan fingerprint density at radius 3 is 1.94 bits per heavy atom. The minimum atomic E-state index is -2.52. The Labute approximate surface area is 274 Å². The zero-order valence-electron chi connectivity index (χ0n) is 27.5. The molecule has 4 aromatic rings. The number of hydrogen-bond acceptors (Lipinski definition) is 6. The number of aromatic nitrogens is 2. The third kappa shape index (κ3) is 6.49. The third-order valence-corrected chi connectivity index (χ3v) is 13.9. The van der Waals surface area contributed by atoms with Crippen LogP contribution in [0.2, 0.25) is 18.1 Å². The third-order valence-electron chi connectivity index (χ3n) is 9.43. The van der Waals surface area contributed by atoms with Gasteiger partial charge in [-0.1, -0.05) is 93.6 Å². The lowest BCUT2D eigenvalue weighted by atomic mass is 9.79. The Balaban J connectivity index is 1.74. The standard InChI is InChI=1S/C36H42F2N2O6Si/c1-34(2,3)47(5,6)44-24-35(23-37)31(30(38)32(46-35)40-22-21-29(41)39-33(40)42)45-36(25-13-9-7-10-14-25,26-15-11-8-12-16-26)27-17-19-28(43-4)20-18-27/h7-22,30-32H,23-24H2,1-6H3,(H,39,41,42)/t30-,31-,32+,35+/m0/s1. The first-order valence-electron chi connectivity index (χ1n) is 15.5. The Morgan fingerprint density at radius 2 is 1.45 bits per heavy atom. The topological polar surface area (TPSA) is 91.8 Å². The molecule has 3 aromatic carbocycles. The van der Waals surface area contributed by atoms with Gasteiger partial charge in [-0.15, -0.1) is 0 Å². The van der Waals surface area contributed by atoms with Gasteiger partial charge in [0, 0.05) is 12.3 Å². The Bertz CT molecular complexity index is 1720. The highest BCUT2D eigenvalue weighted by Crippen LogP contribution is 2.50. The van der Waals surface area contributed by atoms with E-state index in [1.165, 1.54) is 0 Å². The number of rotatable bonds is 11. The van der Waals surface area contributed by atoms with Crippen molar-refractivity contribution in [2.75, 3.05) is 20.4 Å². The molecule has 0 saturated carbocycles. The van der Waals surface area contributed by atoms with Crippen molar-refractivity contribution in [2.45, 2.75) is 68.6 Å². The molecule has 2 heterocycles. The minimum absolute atomic E-state index is 0.245. The van der Waals surface area contributed by atoms with Crippen molar-refractivity contribution < 1.29 is 27.4 Å². The Kier molecular flexibility index (Phi) is 9.75. The van der Waals surface area contributed by atoms with E-state index in [4.69, 9.17) is 18.6 Å². The number of halogens is 2. The van der Waals surface area contributed by atoms with Crippen molar-refractivity contribution in [2.24, 2.45) is 0 Å². The number of benzene rings is 3. The van der Waals surface area contributed by atoms with E-state index in [2.05, 4.69) is 4.98 Å². The van der Waals surface area contributed by atoms with Gasteiger partial charge in [0.25, 0.3) is 5.56 Å². The molecule has 47 heavy (non-hydrogen) atoms. The number of nitrogens with zero attached hydrogens (tertiary/aromatic N) is 1. The van der Waals surface area contributed by atoms with E-state index in [0.717, 1.165) is 16.8 Å². The first kappa shape index (κ1) is 34.4. The molecule has 11 heteroatoms. The van der Waals surface area contributed by atoms with E-state index in [0.29, 0.717) is 22.4 Å². The lowest BCUT2D eigenvalue weighted by Gasteiger charge is -2.44. The second kappa shape index (κ2) is 13.3. The van der Waals surface area contributed by atoms with Gasteiger partial charge in [0.2, 0.25) is 0 Å². The van der Waals surface area contributed by atoms with E-state index < -0.39 is 55.9 Å². The monoisotopic (exact) mass is 664 g/mol. The van der Waals surface area contributed by atoms with Crippen molar-refractivity contribution in [3.05, 3.63) is 135 Å². The molecule has 5 rings (SSSR count). The molecule has 1 aromatic heterocycles. The molecule has 0 bridgehead atoms. The predicted octanol–water partition coefficient (Wildman–Crippen LogP) is 6.52. The molecule has 250 valence electrons. The van der Waals surface area contributed by atoms with Crippen LogP contribution < -0.4 is 16.0 Å². The number of ether oxygens (including phenoxy) is 3. The summed E-state index contributed by atoms with van der Waals surface area (Å²) in [5.74, 6) is 0.606. The van der Waals surface area contributed by atoms with Crippen LogP contribution >= 0.6 is 0 Å². The zero-order valence-corrected chi connectivity index (χ0v) is 28.5. The number of nitrogens with one attached hydrogen (secondary N) is 1. The van der Waals surface area contributed by atoms with E-state index in [1.54, 1.807) is 19.2 Å². The summed E-state index contributed by atoms with van der Waals surface area (Å²) < 4.78 is 59.2. The number of aromatic amines is 1. The van der Waals surface area contributed by atoms with Crippen LogP contribution in [0.25, 0.3) is 0 Å². The van der Waals surface area contributed by atoms with Gasteiger partial charge in [-0.2, -0.15) is 0 Å². The number of methoxy groups -OCH3 is 1. The average molecular weight is 665 g/mol. The van der Waals surface area contributed by atoms with Crippen LogP contribution in [0.3, 0.4) is 0 Å². The maximum atomic E-state index is 17.2. The largest absolute Gasteiger partial charge is 0.497 e. The molecule has 1 aliphatic heterocycles. The van der Waals surface area contributed by atoms with Gasteiger partial charge < -0.3 is 18.6 Å². The normalized spacial score (nSPS) is 21.9. The van der Waals surface area contributed by atoms with Gasteiger partial charge in [0.05, 0.1) is 13.7 Å². The molecule has 4 atom stereocenters. The molecule has 1 saturated heterocycles. The SMILES string of the molecule is COc1ccc(C(O[C@H]2[C@H](F)[C@H](n3ccc(=O)[nH]c3=O)O[C@]2(CF)CO[Si](C)(C)C(C)(C)C)(c2ccccc2)c2ccccc2)cc1. The van der Waals surface area contributed by atoms with Crippen LogP contribution in [-0.2, 0) is 19.5 Å². The fourth-order valence-corrected chi connectivity index (χ4v) is 6.71. The summed E-state index contributed by atoms with van der Waals surface area (Å²) in [5, 5.41) is -0.245. The van der Waals surface area contributed by atoms with Crippen LogP contribution in [0, 0.1) is 0 Å². The fraction of sp³-hybridized carbons (Fsp3) is 0.389. The molecule has 0 radical (unpaired) electrons. The summed E-state index contributed by atoms with van der Waals surface area (Å²) in [6, 6.07) is 26.9. The van der Waals surface area contributed by atoms with Crippen molar-refractivity contribution >= 4 is 8.32 Å². The van der Waals surface area contributed by atoms with Gasteiger partial charge in [-0.05, 0) is 47.0 Å². The van der Waals surface area contributed by atoms with Crippen molar-refractivity contribution in [1.82, 2.24) is 9.55 Å². The fourth-order valence-electron chi connectivity index (χ4n) is 5.67. The van der Waals surface area contributed by atoms with Crippen molar-refractivity contribution in [1.29, 1.82) is 0 Å². The maximum absolute atomic E-state index is 17.2. The highest BCUT2D eigenvalue weighted by Gasteiger charge is 2.61. The molecular formula is C36H42F2N2O6Si. The minimum Gasteiger partial charge on any atom is -0.497 e. The first-order valence-corrected chi connectivity index (χ1v) is 18.5. The van der Waals surface area contributed by atoms with E-state index in [-0.39, 0.29) is 11.6 Å². The Morgan fingerprint density at radius 1 is 0.894 bits per heavy atom. The van der Waals surface area contributed by atoms with Crippen LogP contribution in [0.1, 0.15) is 43.7 Å². The molecule has 0 aliphatic carbocycles. The summed E-state index contributed by atoms with van der Waals surface area (Å²) in [7, 11) is -0.959. The molecular weight excluding hydrogens is 622 g/mol. The number of alkyl halides is 2. The highest BCUT2D eigenvalue weighted by atomic mass is 28.4. The van der Waals surface area contributed by atoms with Crippen LogP contribution in [0.15, 0.2) is 107 Å². The molecule has 1 fully saturated rings. The highest BCUT2D eigenvalue weighted by molar-refractivity contribution is 6.74. The van der Waals surface area contributed by atoms with Gasteiger partial charge in [0.1, 0.15) is 24.1 Å². The van der Waals surface area contributed by atoms with E-state index >= 15 is 8.78 Å². The molecule has 8 nitrogen and oxygen atoms in total. The van der Waals surface area contributed by atoms with Crippen LogP contribution in [0.4, 0.5) is 8.78 Å². The summed E-state index contributed by atoms with van der Waals surface area (Å²) in [6.45, 7) is 8.65. The second-order valence-corrected chi connectivity index (χ2v) is 18.2. The van der Waals surface area contributed by atoms with Crippen LogP contribution in [-0.4, -0.2) is 56.1 Å². The summed E-state index contributed by atoms with van der Waals surface area (Å²) in [6.07, 6.45) is -4.14. The lowest BCUT2D eigenvalue weighted by Crippen LogP contribution is -2.56. The first-order chi connectivity index (χ1) is 22.3. The van der Waals surface area contributed by atoms with Crippen molar-refractivity contribution in [3.8, 4) is 5.75 Å². The molecule has 0 amide bonds. The van der Waals surface area contributed by atoms with Crippen LogP contribution in [0.5, 0.6) is 5.75 Å². The maximum Gasteiger partial charge on any atom is 0.330 e. The second-order valence-electron chi connectivity index (χ2n) is 13.4. The van der Waals surface area contributed by atoms with Gasteiger partial charge in [-0.3, -0.25) is 14.3 Å². The van der Waals surface area contributed by atoms with Gasteiger partial charge >= 0.3 is 5.69 Å².